The highest BCUT2D eigenvalue weighted by atomic mass is 19.3. The van der Waals surface area contributed by atoms with Crippen molar-refractivity contribution in [3.63, 3.8) is 0 Å². The molecule has 2 fully saturated rings. The molecule has 0 atom stereocenters. The fourth-order valence-corrected chi connectivity index (χ4v) is 3.82. The van der Waals surface area contributed by atoms with E-state index in [1.54, 1.807) is 12.4 Å². The van der Waals surface area contributed by atoms with Crippen molar-refractivity contribution in [1.29, 1.82) is 0 Å². The van der Waals surface area contributed by atoms with Crippen LogP contribution in [0, 0.1) is 5.82 Å². The Morgan fingerprint density at radius 2 is 1.82 bits per heavy atom. The third-order valence-electron chi connectivity index (χ3n) is 5.32. The second-order valence-electron chi connectivity index (χ2n) is 7.31. The lowest BCUT2D eigenvalue weighted by atomic mass is 9.88. The highest BCUT2D eigenvalue weighted by Crippen LogP contribution is 2.40. The summed E-state index contributed by atoms with van der Waals surface area (Å²) in [5.74, 6) is -1.91. The zero-order valence-corrected chi connectivity index (χ0v) is 15.2. The van der Waals surface area contributed by atoms with E-state index in [2.05, 4.69) is 9.88 Å². The van der Waals surface area contributed by atoms with Gasteiger partial charge in [0.15, 0.2) is 0 Å². The second kappa shape index (κ2) is 7.18. The number of carbonyl (C=O) groups is 1. The number of piperidine rings is 1. The Balaban J connectivity index is 1.50. The van der Waals surface area contributed by atoms with Gasteiger partial charge in [0.2, 0.25) is 0 Å². The maximum Gasteiger partial charge on any atom is 0.437 e. The number of alkyl halides is 2. The lowest BCUT2D eigenvalue weighted by Gasteiger charge is -2.48. The standard InChI is InChI=1S/C20H20F3N3O2/c21-16-3-5-17(6-4-16)26-14-19(28-20(22,23)18(26)27)7-10-25(11-8-19)13-15-2-1-9-24-12-15/h1-6,9,12H,7-8,10-11,13-14H2. The molecule has 0 aliphatic carbocycles. The predicted molar refractivity (Wildman–Crippen MR) is 96.3 cm³/mol. The first kappa shape index (κ1) is 18.9. The van der Waals surface area contributed by atoms with Crippen LogP contribution < -0.4 is 4.90 Å². The Morgan fingerprint density at radius 3 is 2.46 bits per heavy atom. The van der Waals surface area contributed by atoms with Gasteiger partial charge in [0.1, 0.15) is 5.82 Å². The topological polar surface area (TPSA) is 45.7 Å². The molecule has 4 rings (SSSR count). The fourth-order valence-electron chi connectivity index (χ4n) is 3.82. The number of aromatic nitrogens is 1. The monoisotopic (exact) mass is 391 g/mol. The van der Waals surface area contributed by atoms with Crippen LogP contribution in [0.4, 0.5) is 18.9 Å². The Labute approximate surface area is 160 Å². The predicted octanol–water partition coefficient (Wildman–Crippen LogP) is 3.21. The number of hydrogen-bond acceptors (Lipinski definition) is 4. The van der Waals surface area contributed by atoms with Crippen molar-refractivity contribution in [3.8, 4) is 0 Å². The Morgan fingerprint density at radius 1 is 1.11 bits per heavy atom. The number of anilines is 1. The molecule has 0 radical (unpaired) electrons. The smallest absolute Gasteiger partial charge is 0.304 e. The van der Waals surface area contributed by atoms with Gasteiger partial charge in [-0.2, -0.15) is 8.78 Å². The van der Waals surface area contributed by atoms with Crippen molar-refractivity contribution < 1.29 is 22.7 Å². The molecule has 2 saturated heterocycles. The third-order valence-corrected chi connectivity index (χ3v) is 5.32. The van der Waals surface area contributed by atoms with Gasteiger partial charge in [0.05, 0.1) is 12.1 Å². The summed E-state index contributed by atoms with van der Waals surface area (Å²) in [6.45, 7) is 1.83. The molecule has 1 spiro atoms. The van der Waals surface area contributed by atoms with Crippen molar-refractivity contribution in [2.24, 2.45) is 0 Å². The summed E-state index contributed by atoms with van der Waals surface area (Å²) in [6.07, 6.45) is 0.318. The van der Waals surface area contributed by atoms with Crippen LogP contribution >= 0.6 is 0 Å². The lowest BCUT2D eigenvalue weighted by Crippen LogP contribution is -2.64. The van der Waals surface area contributed by atoms with E-state index in [1.807, 2.05) is 12.1 Å². The molecule has 0 N–H and O–H groups in total. The van der Waals surface area contributed by atoms with Gasteiger partial charge in [-0.25, -0.2) is 4.39 Å². The van der Waals surface area contributed by atoms with Gasteiger partial charge < -0.3 is 9.64 Å². The number of nitrogens with zero attached hydrogens (tertiary/aromatic N) is 3. The van der Waals surface area contributed by atoms with E-state index in [-0.39, 0.29) is 12.2 Å². The second-order valence-corrected chi connectivity index (χ2v) is 7.31. The van der Waals surface area contributed by atoms with Crippen LogP contribution in [0.15, 0.2) is 48.8 Å². The van der Waals surface area contributed by atoms with Gasteiger partial charge >= 0.3 is 12.0 Å². The van der Waals surface area contributed by atoms with Crippen molar-refractivity contribution >= 4 is 11.6 Å². The first-order valence-corrected chi connectivity index (χ1v) is 9.14. The number of hydrogen-bond donors (Lipinski definition) is 0. The van der Waals surface area contributed by atoms with Gasteiger partial charge in [0.25, 0.3) is 0 Å². The molecule has 8 heteroatoms. The van der Waals surface area contributed by atoms with Crippen LogP contribution in [0.3, 0.4) is 0 Å². The van der Waals surface area contributed by atoms with Gasteiger partial charge in [-0.05, 0) is 48.7 Å². The minimum Gasteiger partial charge on any atom is -0.304 e. The molecule has 28 heavy (non-hydrogen) atoms. The van der Waals surface area contributed by atoms with E-state index in [1.165, 1.54) is 12.1 Å². The first-order chi connectivity index (χ1) is 13.4. The van der Waals surface area contributed by atoms with Crippen molar-refractivity contribution in [1.82, 2.24) is 9.88 Å². The van der Waals surface area contributed by atoms with Gasteiger partial charge in [-0.15, -0.1) is 0 Å². The average molecular weight is 391 g/mol. The van der Waals surface area contributed by atoms with Gasteiger partial charge in [0, 0.05) is 37.7 Å². The number of amides is 1. The molecule has 148 valence electrons. The molecule has 2 aliphatic rings. The summed E-state index contributed by atoms with van der Waals surface area (Å²) in [5.41, 5.74) is 0.167. The molecular formula is C20H20F3N3O2. The molecular weight excluding hydrogens is 371 g/mol. The van der Waals surface area contributed by atoms with E-state index in [4.69, 9.17) is 4.74 Å². The van der Waals surface area contributed by atoms with E-state index in [0.29, 0.717) is 32.5 Å². The Bertz CT molecular complexity index is 838. The van der Waals surface area contributed by atoms with Crippen LogP contribution in [0.25, 0.3) is 0 Å². The van der Waals surface area contributed by atoms with E-state index >= 15 is 0 Å². The van der Waals surface area contributed by atoms with Crippen LogP contribution in [-0.2, 0) is 16.1 Å². The summed E-state index contributed by atoms with van der Waals surface area (Å²) in [7, 11) is 0. The molecule has 0 bridgehead atoms. The summed E-state index contributed by atoms with van der Waals surface area (Å²) in [4.78, 5) is 19.5. The van der Waals surface area contributed by atoms with E-state index < -0.39 is 23.4 Å². The number of rotatable bonds is 3. The maximum atomic E-state index is 14.4. The number of morpholine rings is 1. The lowest BCUT2D eigenvalue weighted by molar-refractivity contribution is -0.293. The number of pyridine rings is 1. The number of benzene rings is 1. The maximum absolute atomic E-state index is 14.4. The van der Waals surface area contributed by atoms with Crippen LogP contribution in [0.5, 0.6) is 0 Å². The van der Waals surface area contributed by atoms with Crippen LogP contribution in [0.1, 0.15) is 18.4 Å². The molecule has 3 heterocycles. The highest BCUT2D eigenvalue weighted by Gasteiger charge is 2.57. The minimum atomic E-state index is -3.90. The van der Waals surface area contributed by atoms with Crippen LogP contribution in [0.2, 0.25) is 0 Å². The van der Waals surface area contributed by atoms with Gasteiger partial charge in [-0.3, -0.25) is 14.7 Å². The van der Waals surface area contributed by atoms with Crippen LogP contribution in [-0.4, -0.2) is 47.1 Å². The number of ether oxygens (including phenoxy) is 1. The molecule has 1 aromatic heterocycles. The van der Waals surface area contributed by atoms with E-state index in [9.17, 15) is 18.0 Å². The zero-order valence-electron chi connectivity index (χ0n) is 15.2. The largest absolute Gasteiger partial charge is 0.437 e. The molecule has 5 nitrogen and oxygen atoms in total. The van der Waals surface area contributed by atoms with Crippen molar-refractivity contribution in [3.05, 3.63) is 60.2 Å². The number of carbonyl (C=O) groups excluding carboxylic acids is 1. The quantitative estimate of drug-likeness (QED) is 0.806. The number of likely N-dealkylation sites (tertiary alicyclic amines) is 1. The summed E-state index contributed by atoms with van der Waals surface area (Å²) < 4.78 is 47.0. The molecule has 1 aromatic carbocycles. The Hall–Kier alpha value is -2.45. The fraction of sp³-hybridized carbons (Fsp3) is 0.400. The normalized spacial score (nSPS) is 21.8. The van der Waals surface area contributed by atoms with Crippen molar-refractivity contribution in [2.75, 3.05) is 24.5 Å². The summed E-state index contributed by atoms with van der Waals surface area (Å²) >= 11 is 0. The molecule has 0 unspecified atom stereocenters. The highest BCUT2D eigenvalue weighted by molar-refractivity contribution is 5.98. The summed E-state index contributed by atoms with van der Waals surface area (Å²) in [5, 5.41) is 0. The average Bonchev–Trinajstić information content (AvgIpc) is 2.68. The molecule has 2 aromatic rings. The third kappa shape index (κ3) is 3.74. The summed E-state index contributed by atoms with van der Waals surface area (Å²) in [6, 6.07) is 8.80. The molecule has 0 saturated carbocycles. The number of halogens is 3. The Kier molecular flexibility index (Phi) is 4.84. The zero-order chi connectivity index (χ0) is 19.8. The minimum absolute atomic E-state index is 0.0216. The SMILES string of the molecule is O=C1N(c2ccc(F)cc2)CC2(CCN(Cc3cccnc3)CC2)OC1(F)F. The first-order valence-electron chi connectivity index (χ1n) is 9.14. The van der Waals surface area contributed by atoms with Crippen molar-refractivity contribution in [2.45, 2.75) is 31.1 Å². The molecule has 2 aliphatic heterocycles. The van der Waals surface area contributed by atoms with E-state index in [0.717, 1.165) is 22.6 Å². The van der Waals surface area contributed by atoms with Gasteiger partial charge in [-0.1, -0.05) is 6.07 Å². The molecule has 1 amide bonds.